The molecule has 0 radical (unpaired) electrons. The van der Waals surface area contributed by atoms with Crippen LogP contribution in [0.3, 0.4) is 0 Å². The van der Waals surface area contributed by atoms with E-state index in [9.17, 15) is 9.59 Å². The van der Waals surface area contributed by atoms with Gasteiger partial charge in [0.1, 0.15) is 0 Å². The number of carbonyl (C=O) groups is 2. The van der Waals surface area contributed by atoms with E-state index < -0.39 is 5.97 Å². The van der Waals surface area contributed by atoms with Crippen molar-refractivity contribution in [1.82, 2.24) is 5.32 Å². The number of carbonyl (C=O) groups excluding carboxylic acids is 1. The predicted octanol–water partition coefficient (Wildman–Crippen LogP) is 0.628. The molecule has 2 aliphatic rings. The van der Waals surface area contributed by atoms with E-state index >= 15 is 0 Å². The summed E-state index contributed by atoms with van der Waals surface area (Å²) in [6, 6.07) is -0.0972. The van der Waals surface area contributed by atoms with E-state index in [1.807, 2.05) is 0 Å². The van der Waals surface area contributed by atoms with E-state index in [4.69, 9.17) is 5.11 Å². The SMILES string of the molecule is CC(=O)C1=CC2NC=C(C(=O)O)C2C=C1. The van der Waals surface area contributed by atoms with Crippen LogP contribution in [0.15, 0.2) is 35.6 Å². The van der Waals surface area contributed by atoms with Crippen LogP contribution in [0.1, 0.15) is 6.92 Å². The molecule has 0 fully saturated rings. The van der Waals surface area contributed by atoms with Crippen molar-refractivity contribution in [3.63, 3.8) is 0 Å². The largest absolute Gasteiger partial charge is 0.478 e. The van der Waals surface area contributed by atoms with Crippen LogP contribution >= 0.6 is 0 Å². The van der Waals surface area contributed by atoms with Crippen molar-refractivity contribution in [2.45, 2.75) is 13.0 Å². The van der Waals surface area contributed by atoms with Crippen LogP contribution in [0.25, 0.3) is 0 Å². The predicted molar refractivity (Wildman–Crippen MR) is 54.0 cm³/mol. The zero-order valence-electron chi connectivity index (χ0n) is 8.23. The fourth-order valence-corrected chi connectivity index (χ4v) is 1.85. The highest BCUT2D eigenvalue weighted by Crippen LogP contribution is 2.28. The van der Waals surface area contributed by atoms with E-state index in [2.05, 4.69) is 5.32 Å². The second-order valence-corrected chi connectivity index (χ2v) is 3.66. The van der Waals surface area contributed by atoms with E-state index in [1.54, 1.807) is 18.2 Å². The summed E-state index contributed by atoms with van der Waals surface area (Å²) in [7, 11) is 0. The summed E-state index contributed by atoms with van der Waals surface area (Å²) in [6.07, 6.45) is 6.73. The molecular weight excluding hydrogens is 194 g/mol. The third kappa shape index (κ3) is 1.58. The second kappa shape index (κ2) is 3.38. The molecular formula is C11H11NO3. The van der Waals surface area contributed by atoms with Crippen molar-refractivity contribution in [2.75, 3.05) is 0 Å². The van der Waals surface area contributed by atoms with Gasteiger partial charge in [-0.15, -0.1) is 0 Å². The monoisotopic (exact) mass is 205 g/mol. The molecule has 2 N–H and O–H groups in total. The molecule has 4 heteroatoms. The van der Waals surface area contributed by atoms with Gasteiger partial charge in [-0.1, -0.05) is 18.2 Å². The van der Waals surface area contributed by atoms with Crippen LogP contribution in [0, 0.1) is 5.92 Å². The van der Waals surface area contributed by atoms with E-state index in [0.29, 0.717) is 11.1 Å². The first-order valence-corrected chi connectivity index (χ1v) is 4.70. The lowest BCUT2D eigenvalue weighted by molar-refractivity contribution is -0.133. The Kier molecular flexibility index (Phi) is 2.19. The normalized spacial score (nSPS) is 27.5. The molecule has 78 valence electrons. The summed E-state index contributed by atoms with van der Waals surface area (Å²) in [6.45, 7) is 1.50. The smallest absolute Gasteiger partial charge is 0.333 e. The van der Waals surface area contributed by atoms with Crippen LogP contribution < -0.4 is 5.32 Å². The van der Waals surface area contributed by atoms with Crippen molar-refractivity contribution in [3.8, 4) is 0 Å². The third-order valence-corrected chi connectivity index (χ3v) is 2.67. The van der Waals surface area contributed by atoms with E-state index in [1.165, 1.54) is 13.1 Å². The molecule has 0 amide bonds. The number of rotatable bonds is 2. The number of fused-ring (bicyclic) bond motifs is 1. The Labute approximate surface area is 87.0 Å². The summed E-state index contributed by atoms with van der Waals surface area (Å²) in [5.41, 5.74) is 0.971. The molecule has 0 saturated heterocycles. The van der Waals surface area contributed by atoms with Gasteiger partial charge < -0.3 is 10.4 Å². The van der Waals surface area contributed by atoms with Crippen molar-refractivity contribution in [3.05, 3.63) is 35.6 Å². The Morgan fingerprint density at radius 2 is 2.20 bits per heavy atom. The van der Waals surface area contributed by atoms with Crippen molar-refractivity contribution in [1.29, 1.82) is 0 Å². The fourth-order valence-electron chi connectivity index (χ4n) is 1.85. The lowest BCUT2D eigenvalue weighted by Gasteiger charge is -2.19. The summed E-state index contributed by atoms with van der Waals surface area (Å²) < 4.78 is 0. The number of carboxylic acids is 1. The average Bonchev–Trinajstić information content (AvgIpc) is 2.59. The molecule has 2 unspecified atom stereocenters. The van der Waals surface area contributed by atoms with Crippen molar-refractivity contribution in [2.24, 2.45) is 5.92 Å². The quantitative estimate of drug-likeness (QED) is 0.693. The molecule has 2 rings (SSSR count). The number of ketones is 1. The first-order valence-electron chi connectivity index (χ1n) is 4.70. The van der Waals surface area contributed by atoms with Crippen LogP contribution in [-0.2, 0) is 9.59 Å². The number of aliphatic carboxylic acids is 1. The van der Waals surface area contributed by atoms with E-state index in [0.717, 1.165) is 0 Å². The molecule has 2 atom stereocenters. The number of allylic oxidation sites excluding steroid dienone is 2. The van der Waals surface area contributed by atoms with Gasteiger partial charge in [0.15, 0.2) is 5.78 Å². The van der Waals surface area contributed by atoms with Crippen LogP contribution in [0.5, 0.6) is 0 Å². The van der Waals surface area contributed by atoms with Gasteiger partial charge in [-0.25, -0.2) is 4.79 Å². The number of carboxylic acid groups (broad SMARTS) is 1. The average molecular weight is 205 g/mol. The Hall–Kier alpha value is -1.84. The van der Waals surface area contributed by atoms with Gasteiger partial charge in [-0.05, 0) is 6.92 Å². The lowest BCUT2D eigenvalue weighted by atomic mass is 9.88. The molecule has 0 bridgehead atoms. The Morgan fingerprint density at radius 1 is 1.47 bits per heavy atom. The summed E-state index contributed by atoms with van der Waals surface area (Å²) in [4.78, 5) is 22.0. The maximum absolute atomic E-state index is 11.1. The zero-order valence-corrected chi connectivity index (χ0v) is 8.23. The highest BCUT2D eigenvalue weighted by atomic mass is 16.4. The van der Waals surface area contributed by atoms with Gasteiger partial charge in [0.05, 0.1) is 11.6 Å². The van der Waals surface area contributed by atoms with Gasteiger partial charge in [0.2, 0.25) is 0 Å². The topological polar surface area (TPSA) is 66.4 Å². The standard InChI is InChI=1S/C11H11NO3/c1-6(13)7-2-3-8-9(11(14)15)5-12-10(8)4-7/h2-5,8,10,12H,1H3,(H,14,15). The minimum Gasteiger partial charge on any atom is -0.478 e. The molecule has 1 aliphatic heterocycles. The summed E-state index contributed by atoms with van der Waals surface area (Å²) in [5, 5.41) is 11.8. The zero-order chi connectivity index (χ0) is 11.0. The molecule has 15 heavy (non-hydrogen) atoms. The lowest BCUT2D eigenvalue weighted by Crippen LogP contribution is -2.28. The molecule has 0 aromatic heterocycles. The second-order valence-electron chi connectivity index (χ2n) is 3.66. The van der Waals surface area contributed by atoms with Crippen LogP contribution in [0.4, 0.5) is 0 Å². The number of Topliss-reactive ketones (excluding diaryl/α,β-unsaturated/α-hetero) is 1. The summed E-state index contributed by atoms with van der Waals surface area (Å²) in [5.74, 6) is -1.08. The molecule has 0 spiro atoms. The molecule has 0 aromatic rings. The Balaban J connectivity index is 2.24. The van der Waals surface area contributed by atoms with Crippen molar-refractivity contribution >= 4 is 11.8 Å². The number of hydrogen-bond donors (Lipinski definition) is 2. The van der Waals surface area contributed by atoms with Crippen molar-refractivity contribution < 1.29 is 14.7 Å². The van der Waals surface area contributed by atoms with E-state index in [-0.39, 0.29) is 17.7 Å². The fraction of sp³-hybridized carbons (Fsp3) is 0.273. The molecule has 0 aromatic carbocycles. The number of nitrogens with one attached hydrogen (secondary N) is 1. The maximum atomic E-state index is 11.1. The molecule has 1 aliphatic carbocycles. The van der Waals surface area contributed by atoms with Gasteiger partial charge in [0.25, 0.3) is 0 Å². The van der Waals surface area contributed by atoms with Gasteiger partial charge in [0, 0.05) is 17.7 Å². The third-order valence-electron chi connectivity index (χ3n) is 2.67. The minimum atomic E-state index is -0.917. The Bertz CT molecular complexity index is 418. The Morgan fingerprint density at radius 3 is 2.80 bits per heavy atom. The highest BCUT2D eigenvalue weighted by molar-refractivity contribution is 5.97. The van der Waals surface area contributed by atoms with Gasteiger partial charge in [-0.2, -0.15) is 0 Å². The summed E-state index contributed by atoms with van der Waals surface area (Å²) >= 11 is 0. The minimum absolute atomic E-state index is 0.00437. The number of hydrogen-bond acceptors (Lipinski definition) is 3. The van der Waals surface area contributed by atoms with Crippen LogP contribution in [-0.4, -0.2) is 22.9 Å². The molecule has 4 nitrogen and oxygen atoms in total. The molecule has 0 saturated carbocycles. The first-order chi connectivity index (χ1) is 7.09. The molecule has 1 heterocycles. The van der Waals surface area contributed by atoms with Gasteiger partial charge in [-0.3, -0.25) is 4.79 Å². The van der Waals surface area contributed by atoms with Crippen LogP contribution in [0.2, 0.25) is 0 Å². The highest BCUT2D eigenvalue weighted by Gasteiger charge is 2.32. The maximum Gasteiger partial charge on any atom is 0.333 e. The first kappa shape index (κ1) is 9.71. The van der Waals surface area contributed by atoms with Gasteiger partial charge >= 0.3 is 5.97 Å².